The van der Waals surface area contributed by atoms with Crippen LogP contribution in [0.4, 0.5) is 4.79 Å². The highest BCUT2D eigenvalue weighted by molar-refractivity contribution is 5.73. The minimum absolute atomic E-state index is 0.0678. The summed E-state index contributed by atoms with van der Waals surface area (Å²) in [6.07, 6.45) is 1.89. The molecule has 1 saturated heterocycles. The average Bonchev–Trinajstić information content (AvgIpc) is 2.78. The van der Waals surface area contributed by atoms with Crippen LogP contribution in [0.2, 0.25) is 0 Å². The number of amides is 2. The highest BCUT2D eigenvalue weighted by Gasteiger charge is 2.22. The highest BCUT2D eigenvalue weighted by Crippen LogP contribution is 2.15. The van der Waals surface area contributed by atoms with Gasteiger partial charge in [0, 0.05) is 33.1 Å². The van der Waals surface area contributed by atoms with E-state index in [1.165, 1.54) is 0 Å². The third-order valence-electron chi connectivity index (χ3n) is 3.82. The van der Waals surface area contributed by atoms with Gasteiger partial charge in [0.1, 0.15) is 0 Å². The SMILES string of the molecule is CC(CCC(=O)O)CNC(=O)N(C)CC1CCN(C)C1. The quantitative estimate of drug-likeness (QED) is 0.734. The number of urea groups is 1. The Balaban J connectivity index is 2.19. The molecule has 0 saturated carbocycles. The van der Waals surface area contributed by atoms with Gasteiger partial charge in [0.05, 0.1) is 0 Å². The van der Waals surface area contributed by atoms with E-state index >= 15 is 0 Å². The molecule has 0 aromatic heterocycles. The highest BCUT2D eigenvalue weighted by atomic mass is 16.4. The van der Waals surface area contributed by atoms with Crippen LogP contribution in [0.3, 0.4) is 0 Å². The maximum Gasteiger partial charge on any atom is 0.317 e. The van der Waals surface area contributed by atoms with Gasteiger partial charge in [0.2, 0.25) is 0 Å². The van der Waals surface area contributed by atoms with Crippen LogP contribution in [0, 0.1) is 11.8 Å². The summed E-state index contributed by atoms with van der Waals surface area (Å²) in [6, 6.07) is -0.0678. The predicted molar refractivity (Wildman–Crippen MR) is 77.7 cm³/mol. The van der Waals surface area contributed by atoms with Crippen LogP contribution in [0.25, 0.3) is 0 Å². The summed E-state index contributed by atoms with van der Waals surface area (Å²) in [5.41, 5.74) is 0. The fraction of sp³-hybridized carbons (Fsp3) is 0.857. The Morgan fingerprint density at radius 2 is 2.20 bits per heavy atom. The summed E-state index contributed by atoms with van der Waals surface area (Å²) < 4.78 is 0. The zero-order chi connectivity index (χ0) is 15.1. The summed E-state index contributed by atoms with van der Waals surface area (Å²) in [5, 5.41) is 11.5. The summed E-state index contributed by atoms with van der Waals surface area (Å²) in [6.45, 7) is 5.41. The molecule has 0 bridgehead atoms. The van der Waals surface area contributed by atoms with Gasteiger partial charge >= 0.3 is 12.0 Å². The van der Waals surface area contributed by atoms with Gasteiger partial charge in [-0.15, -0.1) is 0 Å². The number of aliphatic carboxylic acids is 1. The number of rotatable bonds is 7. The molecule has 0 radical (unpaired) electrons. The van der Waals surface area contributed by atoms with Crippen molar-refractivity contribution >= 4 is 12.0 Å². The Bertz CT molecular complexity index is 336. The predicted octanol–water partition coefficient (Wildman–Crippen LogP) is 1.08. The number of carboxylic acids is 1. The number of nitrogens with zero attached hydrogens (tertiary/aromatic N) is 2. The number of carboxylic acid groups (broad SMARTS) is 1. The largest absolute Gasteiger partial charge is 0.481 e. The summed E-state index contributed by atoms with van der Waals surface area (Å²) >= 11 is 0. The molecule has 2 unspecified atom stereocenters. The van der Waals surface area contributed by atoms with Gasteiger partial charge in [0.15, 0.2) is 0 Å². The molecule has 1 rings (SSSR count). The number of likely N-dealkylation sites (tertiary alicyclic amines) is 1. The molecule has 6 nitrogen and oxygen atoms in total. The van der Waals surface area contributed by atoms with Gasteiger partial charge in [0.25, 0.3) is 0 Å². The summed E-state index contributed by atoms with van der Waals surface area (Å²) in [5.74, 6) is -0.0492. The van der Waals surface area contributed by atoms with Gasteiger partial charge in [-0.25, -0.2) is 4.79 Å². The maximum absolute atomic E-state index is 11.9. The Morgan fingerprint density at radius 1 is 1.50 bits per heavy atom. The topological polar surface area (TPSA) is 72.9 Å². The summed E-state index contributed by atoms with van der Waals surface area (Å²) in [4.78, 5) is 26.4. The molecule has 116 valence electrons. The molecule has 2 N–H and O–H groups in total. The minimum atomic E-state index is -0.786. The second-order valence-electron chi connectivity index (χ2n) is 6.02. The normalized spacial score (nSPS) is 20.6. The van der Waals surface area contributed by atoms with E-state index in [2.05, 4.69) is 17.3 Å². The van der Waals surface area contributed by atoms with Crippen molar-refractivity contribution < 1.29 is 14.7 Å². The fourth-order valence-corrected chi connectivity index (χ4v) is 2.51. The third kappa shape index (κ3) is 6.23. The molecule has 20 heavy (non-hydrogen) atoms. The van der Waals surface area contributed by atoms with E-state index < -0.39 is 5.97 Å². The molecular weight excluding hydrogens is 258 g/mol. The minimum Gasteiger partial charge on any atom is -0.481 e. The molecule has 2 atom stereocenters. The van der Waals surface area contributed by atoms with Gasteiger partial charge in [-0.1, -0.05) is 6.92 Å². The van der Waals surface area contributed by atoms with Crippen molar-refractivity contribution in [3.8, 4) is 0 Å². The van der Waals surface area contributed by atoms with Crippen molar-refractivity contribution in [1.82, 2.24) is 15.1 Å². The van der Waals surface area contributed by atoms with Gasteiger partial charge in [-0.3, -0.25) is 4.79 Å². The van der Waals surface area contributed by atoms with Crippen molar-refractivity contribution in [1.29, 1.82) is 0 Å². The smallest absolute Gasteiger partial charge is 0.317 e. The number of carbonyl (C=O) groups excluding carboxylic acids is 1. The van der Waals surface area contributed by atoms with E-state index in [9.17, 15) is 9.59 Å². The lowest BCUT2D eigenvalue weighted by molar-refractivity contribution is -0.137. The van der Waals surface area contributed by atoms with E-state index in [0.717, 1.165) is 26.1 Å². The molecule has 1 heterocycles. The molecule has 1 aliphatic rings. The number of hydrogen-bond acceptors (Lipinski definition) is 3. The van der Waals surface area contributed by atoms with Gasteiger partial charge < -0.3 is 20.2 Å². The molecular formula is C14H27N3O3. The molecule has 1 aliphatic heterocycles. The molecule has 6 heteroatoms. The second-order valence-corrected chi connectivity index (χ2v) is 6.02. The van der Waals surface area contributed by atoms with Crippen molar-refractivity contribution in [3.05, 3.63) is 0 Å². The van der Waals surface area contributed by atoms with Crippen LogP contribution in [-0.4, -0.2) is 67.2 Å². The molecule has 0 aliphatic carbocycles. The van der Waals surface area contributed by atoms with E-state index in [1.54, 1.807) is 4.90 Å². The Kier molecular flexibility index (Phi) is 6.78. The zero-order valence-electron chi connectivity index (χ0n) is 12.8. The van der Waals surface area contributed by atoms with Crippen LogP contribution < -0.4 is 5.32 Å². The monoisotopic (exact) mass is 285 g/mol. The molecule has 2 amide bonds. The van der Waals surface area contributed by atoms with E-state index in [-0.39, 0.29) is 18.4 Å². The first kappa shape index (κ1) is 16.8. The molecule has 0 aromatic carbocycles. The lowest BCUT2D eigenvalue weighted by Gasteiger charge is -2.22. The fourth-order valence-electron chi connectivity index (χ4n) is 2.51. The van der Waals surface area contributed by atoms with Crippen LogP contribution in [0.1, 0.15) is 26.2 Å². The van der Waals surface area contributed by atoms with Crippen molar-refractivity contribution in [2.24, 2.45) is 11.8 Å². The van der Waals surface area contributed by atoms with Crippen LogP contribution >= 0.6 is 0 Å². The molecule has 0 aromatic rings. The van der Waals surface area contributed by atoms with Crippen molar-refractivity contribution in [2.45, 2.75) is 26.2 Å². The van der Waals surface area contributed by atoms with E-state index in [0.29, 0.717) is 18.9 Å². The van der Waals surface area contributed by atoms with Crippen LogP contribution in [-0.2, 0) is 4.79 Å². The first-order valence-corrected chi connectivity index (χ1v) is 7.27. The van der Waals surface area contributed by atoms with Crippen LogP contribution in [0.5, 0.6) is 0 Å². The van der Waals surface area contributed by atoms with Crippen molar-refractivity contribution in [2.75, 3.05) is 40.3 Å². The first-order chi connectivity index (χ1) is 9.38. The lowest BCUT2D eigenvalue weighted by Crippen LogP contribution is -2.41. The van der Waals surface area contributed by atoms with Gasteiger partial charge in [-0.05, 0) is 38.3 Å². The molecule has 1 fully saturated rings. The van der Waals surface area contributed by atoms with Crippen LogP contribution in [0.15, 0.2) is 0 Å². The maximum atomic E-state index is 11.9. The zero-order valence-corrected chi connectivity index (χ0v) is 12.8. The lowest BCUT2D eigenvalue weighted by atomic mass is 10.1. The number of hydrogen-bond donors (Lipinski definition) is 2. The Morgan fingerprint density at radius 3 is 2.75 bits per heavy atom. The molecule has 0 spiro atoms. The summed E-state index contributed by atoms with van der Waals surface area (Å²) in [7, 11) is 3.92. The van der Waals surface area contributed by atoms with E-state index in [4.69, 9.17) is 5.11 Å². The number of nitrogens with one attached hydrogen (secondary N) is 1. The Hall–Kier alpha value is -1.30. The number of carbonyl (C=O) groups is 2. The van der Waals surface area contributed by atoms with Gasteiger partial charge in [-0.2, -0.15) is 0 Å². The standard InChI is InChI=1S/C14H27N3O3/c1-11(4-5-13(18)19)8-15-14(20)17(3)10-12-6-7-16(2)9-12/h11-12H,4-10H2,1-3H3,(H,15,20)(H,18,19). The van der Waals surface area contributed by atoms with E-state index in [1.807, 2.05) is 14.0 Å². The van der Waals surface area contributed by atoms with Crippen molar-refractivity contribution in [3.63, 3.8) is 0 Å². The second kappa shape index (κ2) is 8.09. The first-order valence-electron chi connectivity index (χ1n) is 7.27. The average molecular weight is 285 g/mol. The third-order valence-corrected chi connectivity index (χ3v) is 3.82. The Labute approximate surface area is 121 Å².